The lowest BCUT2D eigenvalue weighted by Gasteiger charge is -2.21. The second-order valence-corrected chi connectivity index (χ2v) is 33.1. The van der Waals surface area contributed by atoms with Gasteiger partial charge < -0.3 is 33.8 Å². The molecule has 0 aromatic carbocycles. The predicted molar refractivity (Wildman–Crippen MR) is 404 cm³/mol. The standard InChI is InChI=1S/C80H156O17P2/c1-9-72(7)58-50-42-34-28-24-20-17-18-22-26-30-36-47-55-62-79(84)96-75(66-90-77(82)60-52-44-37-31-33-41-49-57-71(5)6)68-94-98(86,87)92-64-74(81)65-93-99(88,89)95-69-76(67-91-78(83)61-53-45-39-38-43-51-59-73(8)10-2)97-80(85)63-54-46-35-29-25-21-16-14-12-11-13-15-19-23-27-32-40-48-56-70(3)4/h70-76,81H,9-69H2,1-8H3,(H,86,87)(H,88,89)/t72?,73?,74?,75-,76-/m1/s1. The summed E-state index contributed by atoms with van der Waals surface area (Å²) in [5, 5.41) is 10.6. The molecule has 0 radical (unpaired) electrons. The van der Waals surface area contributed by atoms with Crippen molar-refractivity contribution in [3.63, 3.8) is 0 Å². The highest BCUT2D eigenvalue weighted by atomic mass is 31.2. The lowest BCUT2D eigenvalue weighted by atomic mass is 9.99. The van der Waals surface area contributed by atoms with E-state index < -0.39 is 97.5 Å². The van der Waals surface area contributed by atoms with Crippen molar-refractivity contribution in [3.8, 4) is 0 Å². The minimum Gasteiger partial charge on any atom is -0.462 e. The number of aliphatic hydroxyl groups is 1. The second-order valence-electron chi connectivity index (χ2n) is 30.2. The van der Waals surface area contributed by atoms with Gasteiger partial charge in [-0.1, -0.05) is 357 Å². The molecule has 5 unspecified atom stereocenters. The highest BCUT2D eigenvalue weighted by Gasteiger charge is 2.30. The molecule has 0 aliphatic heterocycles. The number of phosphoric acid groups is 2. The molecule has 0 aromatic rings. The van der Waals surface area contributed by atoms with Gasteiger partial charge in [-0.25, -0.2) is 9.13 Å². The summed E-state index contributed by atoms with van der Waals surface area (Å²) in [7, 11) is -9.92. The summed E-state index contributed by atoms with van der Waals surface area (Å²) < 4.78 is 68.6. The first-order valence-corrected chi connectivity index (χ1v) is 44.3. The average molecular weight is 1450 g/mol. The van der Waals surface area contributed by atoms with Gasteiger partial charge in [0.05, 0.1) is 26.4 Å². The van der Waals surface area contributed by atoms with Crippen LogP contribution in [0.2, 0.25) is 0 Å². The van der Waals surface area contributed by atoms with E-state index >= 15 is 0 Å². The molecule has 0 saturated heterocycles. The third kappa shape index (κ3) is 71.5. The quantitative estimate of drug-likeness (QED) is 0.0222. The Balaban J connectivity index is 5.17. The molecule has 0 bridgehead atoms. The topological polar surface area (TPSA) is 237 Å². The minimum atomic E-state index is -4.96. The first-order valence-electron chi connectivity index (χ1n) is 41.3. The number of hydrogen-bond acceptors (Lipinski definition) is 15. The van der Waals surface area contributed by atoms with E-state index in [9.17, 15) is 43.2 Å². The summed E-state index contributed by atoms with van der Waals surface area (Å²) in [5.74, 6) is 0.983. The van der Waals surface area contributed by atoms with E-state index in [2.05, 4.69) is 55.4 Å². The highest BCUT2D eigenvalue weighted by molar-refractivity contribution is 7.47. The molecule has 7 atom stereocenters. The van der Waals surface area contributed by atoms with Crippen LogP contribution in [0, 0.1) is 23.7 Å². The number of ether oxygens (including phenoxy) is 4. The first-order chi connectivity index (χ1) is 47.7. The summed E-state index contributed by atoms with van der Waals surface area (Å²) in [6.07, 6.45) is 55.7. The van der Waals surface area contributed by atoms with Crippen LogP contribution in [-0.4, -0.2) is 96.7 Å². The van der Waals surface area contributed by atoms with Gasteiger partial charge in [-0.3, -0.25) is 37.3 Å². The van der Waals surface area contributed by atoms with E-state index in [1.54, 1.807) is 0 Å². The molecule has 0 spiro atoms. The number of hydrogen-bond donors (Lipinski definition) is 3. The highest BCUT2D eigenvalue weighted by Crippen LogP contribution is 2.45. The van der Waals surface area contributed by atoms with E-state index in [0.717, 1.165) is 120 Å². The van der Waals surface area contributed by atoms with Crippen LogP contribution in [0.15, 0.2) is 0 Å². The van der Waals surface area contributed by atoms with Crippen LogP contribution >= 0.6 is 15.6 Å². The molecular formula is C80H156O17P2. The van der Waals surface area contributed by atoms with E-state index in [1.165, 1.54) is 199 Å². The maximum absolute atomic E-state index is 13.1. The van der Waals surface area contributed by atoms with Gasteiger partial charge in [-0.2, -0.15) is 0 Å². The largest absolute Gasteiger partial charge is 0.472 e. The normalized spacial score (nSPS) is 14.6. The second kappa shape index (κ2) is 69.1. The average Bonchev–Trinajstić information content (AvgIpc) is 1.09. The number of phosphoric ester groups is 2. The number of esters is 4. The van der Waals surface area contributed by atoms with Crippen LogP contribution in [0.1, 0.15) is 409 Å². The molecule has 0 fully saturated rings. The number of rotatable bonds is 77. The summed E-state index contributed by atoms with van der Waals surface area (Å²) in [6.45, 7) is 14.2. The van der Waals surface area contributed by atoms with Gasteiger partial charge in [0, 0.05) is 25.7 Å². The molecule has 0 rings (SSSR count). The van der Waals surface area contributed by atoms with Gasteiger partial charge in [0.15, 0.2) is 12.2 Å². The van der Waals surface area contributed by atoms with Crippen LogP contribution in [0.25, 0.3) is 0 Å². The van der Waals surface area contributed by atoms with E-state index in [-0.39, 0.29) is 25.7 Å². The summed E-state index contributed by atoms with van der Waals surface area (Å²) in [5.41, 5.74) is 0. The third-order valence-electron chi connectivity index (χ3n) is 19.3. The fourth-order valence-corrected chi connectivity index (χ4v) is 13.8. The molecule has 17 nitrogen and oxygen atoms in total. The van der Waals surface area contributed by atoms with Gasteiger partial charge in [0.2, 0.25) is 0 Å². The van der Waals surface area contributed by atoms with Gasteiger partial charge >= 0.3 is 39.5 Å². The van der Waals surface area contributed by atoms with Crippen LogP contribution in [0.5, 0.6) is 0 Å². The van der Waals surface area contributed by atoms with E-state index in [1.807, 2.05) is 0 Å². The van der Waals surface area contributed by atoms with Gasteiger partial charge in [-0.15, -0.1) is 0 Å². The summed E-state index contributed by atoms with van der Waals surface area (Å²) in [6, 6.07) is 0. The van der Waals surface area contributed by atoms with Gasteiger partial charge in [0.25, 0.3) is 0 Å². The fraction of sp³-hybridized carbons (Fsp3) is 0.950. The fourth-order valence-electron chi connectivity index (χ4n) is 12.2. The van der Waals surface area contributed by atoms with Crippen molar-refractivity contribution in [1.29, 1.82) is 0 Å². The predicted octanol–water partition coefficient (Wildman–Crippen LogP) is 23.6. The monoisotopic (exact) mass is 1450 g/mol. The molecule has 0 aliphatic rings. The lowest BCUT2D eigenvalue weighted by molar-refractivity contribution is -0.161. The molecule has 99 heavy (non-hydrogen) atoms. The number of carbonyl (C=O) groups is 4. The number of carbonyl (C=O) groups excluding carboxylic acids is 4. The van der Waals surface area contributed by atoms with Crippen LogP contribution in [0.4, 0.5) is 0 Å². The Morgan fingerprint density at radius 1 is 0.283 bits per heavy atom. The smallest absolute Gasteiger partial charge is 0.462 e. The molecule has 0 heterocycles. The Hall–Kier alpha value is -1.94. The molecular weight excluding hydrogens is 1290 g/mol. The Bertz CT molecular complexity index is 1940. The van der Waals surface area contributed by atoms with Crippen molar-refractivity contribution in [2.45, 2.75) is 427 Å². The lowest BCUT2D eigenvalue weighted by Crippen LogP contribution is -2.30. The van der Waals surface area contributed by atoms with Crippen LogP contribution < -0.4 is 0 Å². The molecule has 0 saturated carbocycles. The minimum absolute atomic E-state index is 0.106. The summed E-state index contributed by atoms with van der Waals surface area (Å²) in [4.78, 5) is 72.9. The summed E-state index contributed by atoms with van der Waals surface area (Å²) >= 11 is 0. The van der Waals surface area contributed by atoms with Crippen molar-refractivity contribution in [2.24, 2.45) is 23.7 Å². The Kier molecular flexibility index (Phi) is 67.8. The zero-order valence-electron chi connectivity index (χ0n) is 65.1. The molecule has 19 heteroatoms. The van der Waals surface area contributed by atoms with Gasteiger partial charge in [-0.05, 0) is 49.4 Å². The molecule has 0 amide bonds. The Labute approximate surface area is 607 Å². The molecule has 0 aliphatic carbocycles. The Morgan fingerprint density at radius 2 is 0.485 bits per heavy atom. The SMILES string of the molecule is CCC(C)CCCCCCCCCCCCCCCCC(=O)O[C@H](COC(=O)CCCCCCCCCC(C)C)COP(=O)(O)OCC(O)COP(=O)(O)OC[C@@H](COC(=O)CCCCCCCCC(C)CC)OC(=O)CCCCCCCCCCCCCCCCCCCCC(C)C. The van der Waals surface area contributed by atoms with Crippen LogP contribution in [-0.2, 0) is 65.4 Å². The molecule has 588 valence electrons. The van der Waals surface area contributed by atoms with E-state index in [0.29, 0.717) is 31.6 Å². The first kappa shape index (κ1) is 97.1. The third-order valence-corrected chi connectivity index (χ3v) is 21.2. The van der Waals surface area contributed by atoms with Crippen molar-refractivity contribution in [2.75, 3.05) is 39.6 Å². The van der Waals surface area contributed by atoms with Crippen molar-refractivity contribution < 1.29 is 80.2 Å². The number of aliphatic hydroxyl groups excluding tert-OH is 1. The maximum Gasteiger partial charge on any atom is 0.472 e. The van der Waals surface area contributed by atoms with Crippen molar-refractivity contribution in [3.05, 3.63) is 0 Å². The van der Waals surface area contributed by atoms with Crippen LogP contribution in [0.3, 0.4) is 0 Å². The van der Waals surface area contributed by atoms with E-state index in [4.69, 9.17) is 37.0 Å². The maximum atomic E-state index is 13.1. The Morgan fingerprint density at radius 3 is 0.717 bits per heavy atom. The number of unbranched alkanes of at least 4 members (excludes halogenated alkanes) is 41. The van der Waals surface area contributed by atoms with Gasteiger partial charge in [0.1, 0.15) is 19.3 Å². The van der Waals surface area contributed by atoms with Crippen molar-refractivity contribution in [1.82, 2.24) is 0 Å². The zero-order chi connectivity index (χ0) is 73.1. The van der Waals surface area contributed by atoms with Crippen molar-refractivity contribution >= 4 is 39.5 Å². The zero-order valence-corrected chi connectivity index (χ0v) is 66.9. The molecule has 0 aromatic heterocycles. The molecule has 3 N–H and O–H groups in total.